The summed E-state index contributed by atoms with van der Waals surface area (Å²) in [5.41, 5.74) is 8.16. The Balaban J connectivity index is 4.66. The zero-order valence-corrected chi connectivity index (χ0v) is 10.9. The summed E-state index contributed by atoms with van der Waals surface area (Å²) in [5.74, 6) is -1.10. The summed E-state index contributed by atoms with van der Waals surface area (Å²) >= 11 is 0. The summed E-state index contributed by atoms with van der Waals surface area (Å²) in [7, 11) is 0. The van der Waals surface area contributed by atoms with E-state index in [1.165, 1.54) is 6.92 Å². The van der Waals surface area contributed by atoms with Gasteiger partial charge in [0.05, 0.1) is 12.0 Å². The number of rotatable bonds is 4. The molecule has 0 heterocycles. The first-order valence-corrected chi connectivity index (χ1v) is 5.44. The zero-order chi connectivity index (χ0) is 13.6. The number of hydrogen-bond donors (Lipinski definition) is 1. The molecule has 0 saturated heterocycles. The quantitative estimate of drug-likeness (QED) is 0.341. The first kappa shape index (κ1) is 15.3. The lowest BCUT2D eigenvalue weighted by Crippen LogP contribution is -2.46. The molecule has 0 spiro atoms. The maximum Gasteiger partial charge on any atom is 0.361 e. The molecule has 0 aromatic carbocycles. The van der Waals surface area contributed by atoms with Gasteiger partial charge in [-0.15, -0.1) is 0 Å². The van der Waals surface area contributed by atoms with Crippen LogP contribution >= 0.6 is 0 Å². The van der Waals surface area contributed by atoms with Gasteiger partial charge in [0.2, 0.25) is 0 Å². The van der Waals surface area contributed by atoms with Gasteiger partial charge in [0.25, 0.3) is 0 Å². The van der Waals surface area contributed by atoms with Crippen molar-refractivity contribution < 1.29 is 19.1 Å². The first-order valence-electron chi connectivity index (χ1n) is 5.44. The van der Waals surface area contributed by atoms with E-state index >= 15 is 0 Å². The van der Waals surface area contributed by atoms with Gasteiger partial charge in [-0.3, -0.25) is 4.79 Å². The predicted octanol–water partition coefficient (Wildman–Crippen LogP) is 0.771. The van der Waals surface area contributed by atoms with Crippen LogP contribution in [0.25, 0.3) is 5.53 Å². The maximum absolute atomic E-state index is 11.7. The average Bonchev–Trinajstić information content (AvgIpc) is 2.16. The molecular weight excluding hydrogens is 222 g/mol. The van der Waals surface area contributed by atoms with Gasteiger partial charge in [0.15, 0.2) is 0 Å². The number of nitrogens with one attached hydrogen (secondary N) is 1. The van der Waals surface area contributed by atoms with Crippen LogP contribution in [-0.4, -0.2) is 35.0 Å². The Bertz CT molecular complexity index is 351. The molecule has 17 heavy (non-hydrogen) atoms. The van der Waals surface area contributed by atoms with Crippen LogP contribution in [-0.2, 0) is 14.3 Å². The normalized spacial score (nSPS) is 12.3. The molecule has 6 heteroatoms. The predicted molar refractivity (Wildman–Crippen MR) is 62.3 cm³/mol. The lowest BCUT2D eigenvalue weighted by Gasteiger charge is -2.15. The Kier molecular flexibility index (Phi) is 5.55. The van der Waals surface area contributed by atoms with Crippen LogP contribution in [0.15, 0.2) is 0 Å². The van der Waals surface area contributed by atoms with E-state index in [1.54, 1.807) is 27.7 Å². The van der Waals surface area contributed by atoms with Crippen LogP contribution in [0, 0.1) is 5.41 Å². The van der Waals surface area contributed by atoms with Crippen molar-refractivity contribution in [3.63, 3.8) is 0 Å². The molecular formula is C11H19N3O3. The second kappa shape index (κ2) is 6.15. The number of ether oxygens (including phenoxy) is 1. The Hall–Kier alpha value is -1.68. The number of nitrogens with zero attached hydrogens (tertiary/aromatic N) is 2. The monoisotopic (exact) mass is 241 g/mol. The van der Waals surface area contributed by atoms with Crippen LogP contribution in [0.5, 0.6) is 0 Å². The maximum atomic E-state index is 11.7. The highest BCUT2D eigenvalue weighted by molar-refractivity contribution is 6.38. The van der Waals surface area contributed by atoms with Crippen LogP contribution in [0.4, 0.5) is 0 Å². The molecule has 0 aromatic rings. The molecule has 0 rings (SSSR count). The van der Waals surface area contributed by atoms with Crippen LogP contribution in [0.3, 0.4) is 0 Å². The Labute approximate surface area is 101 Å². The fourth-order valence-electron chi connectivity index (χ4n) is 1.13. The van der Waals surface area contributed by atoms with E-state index in [9.17, 15) is 9.59 Å². The highest BCUT2D eigenvalue weighted by Crippen LogP contribution is 2.14. The highest BCUT2D eigenvalue weighted by atomic mass is 16.5. The van der Waals surface area contributed by atoms with Crippen molar-refractivity contribution in [2.24, 2.45) is 5.41 Å². The van der Waals surface area contributed by atoms with Crippen molar-refractivity contribution in [3.8, 4) is 0 Å². The highest BCUT2D eigenvalue weighted by Gasteiger charge is 2.35. The Morgan fingerprint density at radius 1 is 1.41 bits per heavy atom. The van der Waals surface area contributed by atoms with Gasteiger partial charge >= 0.3 is 17.6 Å². The molecule has 0 saturated carbocycles. The van der Waals surface area contributed by atoms with Crippen molar-refractivity contribution in [1.29, 1.82) is 0 Å². The van der Waals surface area contributed by atoms with Gasteiger partial charge in [0, 0.05) is 0 Å². The van der Waals surface area contributed by atoms with Gasteiger partial charge in [-0.1, -0.05) is 0 Å². The molecule has 1 N–H and O–H groups in total. The lowest BCUT2D eigenvalue weighted by atomic mass is 9.89. The number of hydrogen-bond acceptors (Lipinski definition) is 3. The molecule has 6 nitrogen and oxygen atoms in total. The summed E-state index contributed by atoms with van der Waals surface area (Å²) < 4.78 is 4.75. The van der Waals surface area contributed by atoms with E-state index in [1.807, 2.05) is 0 Å². The van der Waals surface area contributed by atoms with Crippen LogP contribution in [0.2, 0.25) is 0 Å². The van der Waals surface area contributed by atoms with E-state index in [-0.39, 0.29) is 12.3 Å². The number of carbonyl (C=O) groups is 2. The molecule has 1 amide bonds. The molecule has 0 aliphatic rings. The number of esters is 1. The summed E-state index contributed by atoms with van der Waals surface area (Å²) in [6, 6.07) is -0.776. The summed E-state index contributed by atoms with van der Waals surface area (Å²) in [4.78, 5) is 26.0. The topological polar surface area (TPSA) is 91.8 Å². The minimum Gasteiger partial charge on any atom is -0.464 e. The van der Waals surface area contributed by atoms with E-state index in [0.717, 1.165) is 0 Å². The second-order valence-corrected chi connectivity index (χ2v) is 4.65. The third-order valence-electron chi connectivity index (χ3n) is 2.01. The van der Waals surface area contributed by atoms with Gasteiger partial charge in [-0.05, 0) is 34.6 Å². The third kappa shape index (κ3) is 4.78. The van der Waals surface area contributed by atoms with E-state index < -0.39 is 23.3 Å². The summed E-state index contributed by atoms with van der Waals surface area (Å²) in [6.45, 7) is 8.64. The minimum absolute atomic E-state index is 0.0337. The summed E-state index contributed by atoms with van der Waals surface area (Å²) in [5, 5.41) is 2.42. The molecule has 1 unspecified atom stereocenters. The van der Waals surface area contributed by atoms with E-state index in [2.05, 4.69) is 10.1 Å². The van der Waals surface area contributed by atoms with Crippen molar-refractivity contribution in [1.82, 2.24) is 5.32 Å². The van der Waals surface area contributed by atoms with Crippen molar-refractivity contribution >= 4 is 17.6 Å². The molecule has 0 fully saturated rings. The van der Waals surface area contributed by atoms with Gasteiger partial charge < -0.3 is 15.6 Å². The van der Waals surface area contributed by atoms with Crippen LogP contribution in [0.1, 0.15) is 34.6 Å². The lowest BCUT2D eigenvalue weighted by molar-refractivity contribution is -0.146. The smallest absolute Gasteiger partial charge is 0.361 e. The molecule has 0 aliphatic carbocycles. The Morgan fingerprint density at radius 3 is 2.29 bits per heavy atom. The first-order chi connectivity index (χ1) is 7.73. The second-order valence-electron chi connectivity index (χ2n) is 4.65. The standard InChI is InChI=1S/C11H19N3O3/c1-6-17-10(16)7(2)13-9(15)8(14-12)11(3,4)5/h7H,6H2,1-5H3,(H,13,15). The van der Waals surface area contributed by atoms with E-state index in [0.29, 0.717) is 0 Å². The fourth-order valence-corrected chi connectivity index (χ4v) is 1.13. The molecule has 0 aromatic heterocycles. The van der Waals surface area contributed by atoms with E-state index in [4.69, 9.17) is 10.3 Å². The number of carbonyl (C=O) groups excluding carboxylic acids is 2. The van der Waals surface area contributed by atoms with Gasteiger partial charge in [-0.2, -0.15) is 4.79 Å². The third-order valence-corrected chi connectivity index (χ3v) is 2.01. The SMILES string of the molecule is CCOC(=O)C(C)NC(=O)C(=[N+]=[N-])C(C)(C)C. The molecule has 1 atom stereocenters. The van der Waals surface area contributed by atoms with Crippen molar-refractivity contribution in [3.05, 3.63) is 5.53 Å². The minimum atomic E-state index is -0.776. The molecule has 0 radical (unpaired) electrons. The fraction of sp³-hybridized carbons (Fsp3) is 0.727. The Morgan fingerprint density at radius 2 is 1.94 bits per heavy atom. The molecule has 0 aliphatic heterocycles. The average molecular weight is 241 g/mol. The largest absolute Gasteiger partial charge is 0.464 e. The molecule has 0 bridgehead atoms. The van der Waals surface area contributed by atoms with Gasteiger partial charge in [-0.25, -0.2) is 4.79 Å². The molecule has 96 valence electrons. The van der Waals surface area contributed by atoms with Crippen molar-refractivity contribution in [2.45, 2.75) is 40.7 Å². The van der Waals surface area contributed by atoms with Crippen LogP contribution < -0.4 is 5.32 Å². The number of amides is 1. The van der Waals surface area contributed by atoms with Crippen molar-refractivity contribution in [2.75, 3.05) is 6.61 Å². The zero-order valence-electron chi connectivity index (χ0n) is 10.9. The summed E-state index contributed by atoms with van der Waals surface area (Å²) in [6.07, 6.45) is 0. The van der Waals surface area contributed by atoms with Gasteiger partial charge in [0.1, 0.15) is 6.04 Å².